The number of nitrogens with two attached hydrogens (primary N) is 1. The lowest BCUT2D eigenvalue weighted by molar-refractivity contribution is -0.157. The van der Waals surface area contributed by atoms with E-state index in [4.69, 9.17) is 16.2 Å². The Balaban J connectivity index is 3.01. The van der Waals surface area contributed by atoms with E-state index in [1.54, 1.807) is 0 Å². The van der Waals surface area contributed by atoms with Crippen molar-refractivity contribution < 1.29 is 19.4 Å². The molecule has 0 radical (unpaired) electrons. The van der Waals surface area contributed by atoms with Crippen molar-refractivity contribution in [3.05, 3.63) is 11.5 Å². The van der Waals surface area contributed by atoms with E-state index in [1.807, 2.05) is 0 Å². The number of hydrogen-bond acceptors (Lipinski definition) is 5. The standard InChI is InChI=1S/C5H6N2O4/c6-3(7)2-4(8)10-1-11-5(2)9/h8H,1H2,(H3,6,7). The SMILES string of the molecule is N=C(N)C1=C(O)OCOC1=O. The first-order valence-electron chi connectivity index (χ1n) is 2.70. The Labute approximate surface area is 61.7 Å². The Morgan fingerprint density at radius 2 is 2.27 bits per heavy atom. The Hall–Kier alpha value is -1.72. The molecule has 4 N–H and O–H groups in total. The molecule has 6 nitrogen and oxygen atoms in total. The molecule has 1 aliphatic heterocycles. The molecule has 1 rings (SSSR count). The number of aliphatic hydroxyl groups excluding tert-OH is 1. The highest BCUT2D eigenvalue weighted by Crippen LogP contribution is 2.10. The van der Waals surface area contributed by atoms with Crippen molar-refractivity contribution in [2.45, 2.75) is 0 Å². The van der Waals surface area contributed by atoms with Crippen LogP contribution >= 0.6 is 0 Å². The monoisotopic (exact) mass is 158 g/mol. The summed E-state index contributed by atoms with van der Waals surface area (Å²) in [6, 6.07) is 0. The van der Waals surface area contributed by atoms with Gasteiger partial charge in [-0.25, -0.2) is 4.79 Å². The van der Waals surface area contributed by atoms with Crippen LogP contribution in [0.2, 0.25) is 0 Å². The molecule has 11 heavy (non-hydrogen) atoms. The zero-order valence-corrected chi connectivity index (χ0v) is 5.46. The summed E-state index contributed by atoms with van der Waals surface area (Å²) in [4.78, 5) is 10.7. The number of hydrogen-bond donors (Lipinski definition) is 3. The maximum Gasteiger partial charge on any atom is 0.352 e. The first kappa shape index (κ1) is 7.39. The zero-order chi connectivity index (χ0) is 8.43. The largest absolute Gasteiger partial charge is 0.480 e. The maximum atomic E-state index is 10.7. The van der Waals surface area contributed by atoms with Crippen molar-refractivity contribution in [3.63, 3.8) is 0 Å². The van der Waals surface area contributed by atoms with E-state index < -0.39 is 23.3 Å². The quantitative estimate of drug-likeness (QED) is 0.264. The van der Waals surface area contributed by atoms with Gasteiger partial charge in [-0.3, -0.25) is 5.41 Å². The van der Waals surface area contributed by atoms with E-state index in [0.29, 0.717) is 0 Å². The van der Waals surface area contributed by atoms with Gasteiger partial charge in [-0.2, -0.15) is 0 Å². The fraction of sp³-hybridized carbons (Fsp3) is 0.200. The number of cyclic esters (lactones) is 1. The van der Waals surface area contributed by atoms with Gasteiger partial charge in [-0.1, -0.05) is 0 Å². The molecule has 1 aliphatic rings. The molecule has 0 fully saturated rings. The summed E-state index contributed by atoms with van der Waals surface area (Å²) in [6.07, 6.45) is 0. The van der Waals surface area contributed by atoms with Crippen molar-refractivity contribution in [1.82, 2.24) is 0 Å². The Morgan fingerprint density at radius 3 is 2.64 bits per heavy atom. The molecule has 0 aliphatic carbocycles. The van der Waals surface area contributed by atoms with Crippen molar-refractivity contribution in [2.75, 3.05) is 6.79 Å². The van der Waals surface area contributed by atoms with Crippen LogP contribution in [0.25, 0.3) is 0 Å². The molecule has 0 saturated heterocycles. The lowest BCUT2D eigenvalue weighted by atomic mass is 10.2. The summed E-state index contributed by atoms with van der Waals surface area (Å²) in [5.41, 5.74) is 4.50. The average molecular weight is 158 g/mol. The van der Waals surface area contributed by atoms with Crippen LogP contribution in [0.15, 0.2) is 11.5 Å². The van der Waals surface area contributed by atoms with Gasteiger partial charge in [0.15, 0.2) is 5.57 Å². The van der Waals surface area contributed by atoms with Gasteiger partial charge in [-0.05, 0) is 0 Å². The predicted molar refractivity (Wildman–Crippen MR) is 33.6 cm³/mol. The fourth-order valence-electron chi connectivity index (χ4n) is 0.596. The van der Waals surface area contributed by atoms with E-state index in [9.17, 15) is 4.79 Å². The molecule has 0 bridgehead atoms. The molecular weight excluding hydrogens is 152 g/mol. The Morgan fingerprint density at radius 1 is 1.64 bits per heavy atom. The summed E-state index contributed by atoms with van der Waals surface area (Å²) >= 11 is 0. The zero-order valence-electron chi connectivity index (χ0n) is 5.46. The van der Waals surface area contributed by atoms with Crippen LogP contribution in [0.4, 0.5) is 0 Å². The lowest BCUT2D eigenvalue weighted by Crippen LogP contribution is -2.28. The summed E-state index contributed by atoms with van der Waals surface area (Å²) in [6.45, 7) is -0.346. The van der Waals surface area contributed by atoms with Crippen LogP contribution in [-0.4, -0.2) is 23.7 Å². The topological polar surface area (TPSA) is 106 Å². The third-order valence-electron chi connectivity index (χ3n) is 1.07. The molecule has 0 saturated carbocycles. The maximum absolute atomic E-state index is 10.7. The number of esters is 1. The molecular formula is C5H6N2O4. The molecule has 0 amide bonds. The number of nitrogens with one attached hydrogen (secondary N) is 1. The number of ether oxygens (including phenoxy) is 2. The molecule has 0 spiro atoms. The van der Waals surface area contributed by atoms with Gasteiger partial charge in [-0.15, -0.1) is 0 Å². The highest BCUT2D eigenvalue weighted by molar-refractivity contribution is 6.17. The van der Waals surface area contributed by atoms with Crippen molar-refractivity contribution in [2.24, 2.45) is 5.73 Å². The van der Waals surface area contributed by atoms with E-state index in [-0.39, 0.29) is 6.79 Å². The van der Waals surface area contributed by atoms with Gasteiger partial charge >= 0.3 is 5.97 Å². The van der Waals surface area contributed by atoms with Crippen molar-refractivity contribution in [1.29, 1.82) is 5.41 Å². The molecule has 0 aromatic rings. The summed E-state index contributed by atoms with van der Waals surface area (Å²) in [5, 5.41) is 15.7. The summed E-state index contributed by atoms with van der Waals surface area (Å²) < 4.78 is 8.72. The van der Waals surface area contributed by atoms with E-state index >= 15 is 0 Å². The Bertz CT molecular complexity index is 245. The minimum Gasteiger partial charge on any atom is -0.480 e. The number of aliphatic hydroxyl groups is 1. The second-order valence-corrected chi connectivity index (χ2v) is 1.79. The number of rotatable bonds is 1. The van der Waals surface area contributed by atoms with E-state index in [1.165, 1.54) is 0 Å². The summed E-state index contributed by atoms with van der Waals surface area (Å²) in [5.74, 6) is -2.08. The lowest BCUT2D eigenvalue weighted by Gasteiger charge is -2.14. The molecule has 60 valence electrons. The second-order valence-electron chi connectivity index (χ2n) is 1.79. The van der Waals surface area contributed by atoms with Crippen molar-refractivity contribution in [3.8, 4) is 0 Å². The molecule has 0 unspecified atom stereocenters. The second kappa shape index (κ2) is 2.49. The van der Waals surface area contributed by atoms with Crippen LogP contribution in [0.3, 0.4) is 0 Å². The van der Waals surface area contributed by atoms with Gasteiger partial charge in [0.1, 0.15) is 5.84 Å². The van der Waals surface area contributed by atoms with Crippen molar-refractivity contribution >= 4 is 11.8 Å². The molecule has 6 heteroatoms. The Kier molecular flexibility index (Phi) is 1.67. The smallest absolute Gasteiger partial charge is 0.352 e. The van der Waals surface area contributed by atoms with Crippen LogP contribution in [0.1, 0.15) is 0 Å². The van der Waals surface area contributed by atoms with Gasteiger partial charge in [0.2, 0.25) is 6.79 Å². The van der Waals surface area contributed by atoms with Gasteiger partial charge in [0.05, 0.1) is 0 Å². The van der Waals surface area contributed by atoms with Gasteiger partial charge in [0, 0.05) is 0 Å². The number of carbonyl (C=O) groups excluding carboxylic acids is 1. The highest BCUT2D eigenvalue weighted by atomic mass is 16.7. The van der Waals surface area contributed by atoms with E-state index in [2.05, 4.69) is 9.47 Å². The van der Waals surface area contributed by atoms with Gasteiger partial charge in [0.25, 0.3) is 5.95 Å². The first-order chi connectivity index (χ1) is 5.13. The molecule has 1 heterocycles. The number of amidine groups is 1. The highest BCUT2D eigenvalue weighted by Gasteiger charge is 2.25. The van der Waals surface area contributed by atoms with Crippen LogP contribution in [0.5, 0.6) is 0 Å². The fourth-order valence-corrected chi connectivity index (χ4v) is 0.596. The summed E-state index contributed by atoms with van der Waals surface area (Å²) in [7, 11) is 0. The minimum absolute atomic E-state index is 0.346. The molecule has 0 aromatic heterocycles. The predicted octanol–water partition coefficient (Wildman–Crippen LogP) is -0.777. The van der Waals surface area contributed by atoms with Crippen LogP contribution in [-0.2, 0) is 14.3 Å². The third-order valence-corrected chi connectivity index (χ3v) is 1.07. The average Bonchev–Trinajstić information content (AvgIpc) is 1.85. The van der Waals surface area contributed by atoms with Crippen LogP contribution < -0.4 is 5.73 Å². The third kappa shape index (κ3) is 1.23. The minimum atomic E-state index is -0.846. The molecule has 0 aromatic carbocycles. The first-order valence-corrected chi connectivity index (χ1v) is 2.70. The normalized spacial score (nSPS) is 17.3. The number of carbonyl (C=O) groups is 1. The van der Waals surface area contributed by atoms with Crippen LogP contribution in [0, 0.1) is 5.41 Å². The molecule has 0 atom stereocenters. The van der Waals surface area contributed by atoms with Gasteiger partial charge < -0.3 is 20.3 Å². The van der Waals surface area contributed by atoms with E-state index in [0.717, 1.165) is 0 Å².